The summed E-state index contributed by atoms with van der Waals surface area (Å²) in [6.07, 6.45) is 11.5. The predicted molar refractivity (Wildman–Crippen MR) is 211 cm³/mol. The number of fused-ring (bicyclic) bond motifs is 4. The maximum absolute atomic E-state index is 12.2. The number of amides is 3. The molecule has 0 spiro atoms. The van der Waals surface area contributed by atoms with E-state index in [1.807, 2.05) is 31.2 Å². The Morgan fingerprint density at radius 2 is 1.19 bits per heavy atom. The Balaban J connectivity index is 0.000000338. The van der Waals surface area contributed by atoms with Gasteiger partial charge in [0.25, 0.3) is 0 Å². The fourth-order valence-corrected chi connectivity index (χ4v) is 6.45. The van der Waals surface area contributed by atoms with Gasteiger partial charge in [0, 0.05) is 25.7 Å². The Hall–Kier alpha value is -7.02. The molecule has 340 valence electrons. The molecule has 0 aromatic carbocycles. The molecule has 0 aliphatic carbocycles. The summed E-state index contributed by atoms with van der Waals surface area (Å²) in [5.74, 6) is -1.42. The van der Waals surface area contributed by atoms with Gasteiger partial charge in [-0.15, -0.1) is 0 Å². The first-order valence-electron chi connectivity index (χ1n) is 19.2. The van der Waals surface area contributed by atoms with Crippen LogP contribution in [-0.2, 0) is 80.0 Å². The average molecular weight is 883 g/mol. The van der Waals surface area contributed by atoms with Crippen LogP contribution in [-0.4, -0.2) is 104 Å². The van der Waals surface area contributed by atoms with Gasteiger partial charge in [0.15, 0.2) is 0 Å². The molecule has 6 heterocycles. The molecule has 0 radical (unpaired) electrons. The van der Waals surface area contributed by atoms with Crippen molar-refractivity contribution in [1.82, 2.24) is 16.0 Å². The number of carboxylic acid groups (broad SMARTS) is 1. The van der Waals surface area contributed by atoms with Gasteiger partial charge in [0.05, 0.1) is 70.2 Å². The van der Waals surface area contributed by atoms with Gasteiger partial charge in [-0.05, 0) is 74.3 Å². The average Bonchev–Trinajstić information content (AvgIpc) is 4.14. The third kappa shape index (κ3) is 15.4. The number of nitrogens with one attached hydrogen (secondary N) is 3. The zero-order chi connectivity index (χ0) is 47.0. The van der Waals surface area contributed by atoms with Crippen molar-refractivity contribution in [3.8, 4) is 0 Å². The van der Waals surface area contributed by atoms with Crippen LogP contribution in [0.5, 0.6) is 0 Å². The maximum atomic E-state index is 12.2. The molecule has 21 heteroatoms. The highest BCUT2D eigenvalue weighted by Crippen LogP contribution is 2.44. The molecule has 6 rings (SSSR count). The minimum absolute atomic E-state index is 0.000172. The summed E-state index contributed by atoms with van der Waals surface area (Å²) in [5.41, 5.74) is 5.88. The summed E-state index contributed by atoms with van der Waals surface area (Å²) in [6.45, 7) is 5.33. The molecule has 0 fully saturated rings. The van der Waals surface area contributed by atoms with Crippen LogP contribution in [0.25, 0.3) is 0 Å². The molecule has 3 amide bonds. The normalized spacial score (nSPS) is 20.1. The number of methoxy groups -OCH3 is 2. The largest absolute Gasteiger partial charge is 0.481 e. The van der Waals surface area contributed by atoms with Crippen molar-refractivity contribution in [3.63, 3.8) is 0 Å². The van der Waals surface area contributed by atoms with Gasteiger partial charge in [0.1, 0.15) is 28.8 Å². The van der Waals surface area contributed by atoms with Gasteiger partial charge in [-0.2, -0.15) is 19.2 Å². The van der Waals surface area contributed by atoms with Crippen LogP contribution in [0.3, 0.4) is 0 Å². The molecule has 2 aromatic rings. The Bertz CT molecular complexity index is 2060. The molecule has 4 aliphatic rings. The van der Waals surface area contributed by atoms with E-state index in [1.54, 1.807) is 36.8 Å². The Morgan fingerprint density at radius 3 is 1.65 bits per heavy atom. The second-order valence-electron chi connectivity index (χ2n) is 13.6. The molecule has 63 heavy (non-hydrogen) atoms. The molecular formula is C42H50N4O17. The van der Waals surface area contributed by atoms with Crippen LogP contribution in [0.2, 0.25) is 0 Å². The zero-order valence-electron chi connectivity index (χ0n) is 35.1. The van der Waals surface area contributed by atoms with Crippen molar-refractivity contribution in [1.29, 1.82) is 0 Å². The first-order valence-corrected chi connectivity index (χ1v) is 19.2. The molecule has 21 nitrogen and oxygen atoms in total. The predicted octanol–water partition coefficient (Wildman–Crippen LogP) is 1.50. The second-order valence-corrected chi connectivity index (χ2v) is 13.6. The number of carbonyl (C=O) groups is 6. The summed E-state index contributed by atoms with van der Waals surface area (Å²) in [7, 11) is 2.37. The van der Waals surface area contributed by atoms with Gasteiger partial charge in [-0.1, -0.05) is 12.2 Å². The number of esters is 2. The summed E-state index contributed by atoms with van der Waals surface area (Å²) in [4.78, 5) is 103. The van der Waals surface area contributed by atoms with Crippen LogP contribution in [0.4, 0.5) is 0 Å². The van der Waals surface area contributed by atoms with Crippen molar-refractivity contribution < 1.29 is 80.8 Å². The lowest BCUT2D eigenvalue weighted by molar-refractivity contribution is -0.193. The SMILES string of the molecule is CC1=C(C)C2(CNC(=O)CCCC(=O)NCc3ccco3)C=CC1O2.COC(=O)C1=C(C(=O)OC)C2(CNC(=O)CCCC(=O)O)C=CC1O2.NCc1ccco1.O=C=O.O=C=O. The van der Waals surface area contributed by atoms with E-state index in [2.05, 4.69) is 22.9 Å². The van der Waals surface area contributed by atoms with Crippen molar-refractivity contribution in [3.05, 3.63) is 94.9 Å². The van der Waals surface area contributed by atoms with Gasteiger partial charge in [-0.3, -0.25) is 19.2 Å². The van der Waals surface area contributed by atoms with E-state index in [4.69, 9.17) is 57.8 Å². The standard InChI is InChI=1S/C19H24N2O4.C16H19NO8.C5H7NO.2CO2/c1-13-14(2)19(9-8-16(13)25-19)12-21-18(23)7-3-6-17(22)20-11-15-5-4-10-24-15;1-23-14(21)12-9-6-7-16(25-9,13(12)15(22)24-2)8-17-10(18)4-3-5-11(19)20;6-4-5-2-1-3-7-5;2*2-1-3/h4-5,8-10,16H,3,6-7,11-12H2,1-2H3,(H,20,22)(H,21,23);6-7,9H,3-5,8H2,1-2H3,(H,17,18)(H,19,20);1-3H,4,6H2;;. The highest BCUT2D eigenvalue weighted by Gasteiger charge is 2.54. The molecule has 4 atom stereocenters. The number of carboxylic acids is 1. The van der Waals surface area contributed by atoms with Gasteiger partial charge in [0.2, 0.25) is 17.7 Å². The number of ether oxygens (including phenoxy) is 4. The number of nitrogens with two attached hydrogens (primary N) is 1. The van der Waals surface area contributed by atoms with Crippen LogP contribution in [0, 0.1) is 0 Å². The molecule has 2 aromatic heterocycles. The smallest absolute Gasteiger partial charge is 0.373 e. The highest BCUT2D eigenvalue weighted by atomic mass is 16.6. The van der Waals surface area contributed by atoms with E-state index in [0.717, 1.165) is 5.76 Å². The third-order valence-electron chi connectivity index (χ3n) is 9.70. The van der Waals surface area contributed by atoms with E-state index in [-0.39, 0.29) is 73.1 Å². The molecule has 4 aliphatic heterocycles. The summed E-state index contributed by atoms with van der Waals surface area (Å²) in [5, 5.41) is 16.9. The summed E-state index contributed by atoms with van der Waals surface area (Å²) >= 11 is 0. The number of furan rings is 2. The van der Waals surface area contributed by atoms with E-state index >= 15 is 0 Å². The molecule has 6 N–H and O–H groups in total. The summed E-state index contributed by atoms with van der Waals surface area (Å²) < 4.78 is 31.1. The van der Waals surface area contributed by atoms with Crippen LogP contribution < -0.4 is 21.7 Å². The fraction of sp³-hybridized carbons (Fsp3) is 0.429. The lowest BCUT2D eigenvalue weighted by Crippen LogP contribution is -2.44. The molecular weight excluding hydrogens is 832 g/mol. The maximum Gasteiger partial charge on any atom is 0.373 e. The van der Waals surface area contributed by atoms with Gasteiger partial charge >= 0.3 is 30.2 Å². The monoisotopic (exact) mass is 882 g/mol. The van der Waals surface area contributed by atoms with E-state index in [0.29, 0.717) is 44.7 Å². The lowest BCUT2D eigenvalue weighted by Gasteiger charge is -2.25. The van der Waals surface area contributed by atoms with Crippen LogP contribution in [0.1, 0.15) is 63.9 Å². The summed E-state index contributed by atoms with van der Waals surface area (Å²) in [6, 6.07) is 7.25. The van der Waals surface area contributed by atoms with Crippen LogP contribution >= 0.6 is 0 Å². The molecule has 0 saturated heterocycles. The minimum Gasteiger partial charge on any atom is -0.481 e. The number of hydrogen-bond acceptors (Lipinski definition) is 17. The Kier molecular flexibility index (Phi) is 21.8. The fourth-order valence-electron chi connectivity index (χ4n) is 6.45. The minimum atomic E-state index is -1.30. The highest BCUT2D eigenvalue weighted by molar-refractivity contribution is 6.05. The lowest BCUT2D eigenvalue weighted by atomic mass is 9.86. The van der Waals surface area contributed by atoms with Crippen molar-refractivity contribution in [2.24, 2.45) is 5.73 Å². The number of rotatable bonds is 17. The molecule has 0 saturated carbocycles. The zero-order valence-corrected chi connectivity index (χ0v) is 35.1. The number of aliphatic carboxylic acids is 1. The number of hydrogen-bond donors (Lipinski definition) is 5. The second kappa shape index (κ2) is 26.3. The first-order chi connectivity index (χ1) is 30.1. The Labute approximate surface area is 361 Å². The van der Waals surface area contributed by atoms with Crippen molar-refractivity contribution in [2.75, 3.05) is 27.3 Å². The van der Waals surface area contributed by atoms with Gasteiger partial charge in [-0.25, -0.2) is 9.59 Å². The van der Waals surface area contributed by atoms with E-state index in [9.17, 15) is 28.8 Å². The van der Waals surface area contributed by atoms with Crippen LogP contribution in [0.15, 0.2) is 92.2 Å². The van der Waals surface area contributed by atoms with Gasteiger partial charge < -0.3 is 54.6 Å². The third-order valence-corrected chi connectivity index (χ3v) is 9.70. The molecule has 4 unspecified atom stereocenters. The topological polar surface area (TPSA) is 316 Å². The van der Waals surface area contributed by atoms with E-state index in [1.165, 1.54) is 25.4 Å². The van der Waals surface area contributed by atoms with Crippen molar-refractivity contribution in [2.45, 2.75) is 88.9 Å². The quantitative estimate of drug-likeness (QED) is 0.111. The molecule has 4 bridgehead atoms. The number of carbonyl (C=O) groups excluding carboxylic acids is 9. The first kappa shape index (κ1) is 52.1. The van der Waals surface area contributed by atoms with E-state index < -0.39 is 35.2 Å². The Morgan fingerprint density at radius 1 is 0.714 bits per heavy atom. The van der Waals surface area contributed by atoms with Crippen molar-refractivity contribution >= 4 is 47.9 Å².